The van der Waals surface area contributed by atoms with Gasteiger partial charge in [0.2, 0.25) is 5.91 Å². The number of benzene rings is 2. The number of carbonyl (C=O) groups is 2. The molecule has 270 valence electrons. The molecule has 49 heavy (non-hydrogen) atoms. The van der Waals surface area contributed by atoms with Crippen LogP contribution in [-0.2, 0) is 23.3 Å². The Morgan fingerprint density at radius 3 is 2.22 bits per heavy atom. The van der Waals surface area contributed by atoms with Gasteiger partial charge in [-0.15, -0.1) is 0 Å². The Kier molecular flexibility index (Phi) is 19.4. The van der Waals surface area contributed by atoms with Gasteiger partial charge in [0.05, 0.1) is 31.8 Å². The van der Waals surface area contributed by atoms with E-state index in [9.17, 15) is 9.59 Å². The quantitative estimate of drug-likeness (QED) is 0.0626. The van der Waals surface area contributed by atoms with Gasteiger partial charge in [-0.25, -0.2) is 9.46 Å². The number of nitrogens with one attached hydrogen (secondary N) is 2. The molecule has 0 heterocycles. The summed E-state index contributed by atoms with van der Waals surface area (Å²) in [7, 11) is 1.93. The molecule has 2 aromatic rings. The van der Waals surface area contributed by atoms with E-state index in [0.29, 0.717) is 64.5 Å². The molecule has 0 spiro atoms. The number of hydrogen-bond donors (Lipinski definition) is 2. The molecule has 0 fully saturated rings. The molecule has 10 nitrogen and oxygen atoms in total. The molecule has 0 bridgehead atoms. The van der Waals surface area contributed by atoms with E-state index in [1.807, 2.05) is 24.3 Å². The van der Waals surface area contributed by atoms with Crippen LogP contribution in [0, 0.1) is 11.3 Å². The molecule has 1 aliphatic rings. The number of nitriles is 1. The van der Waals surface area contributed by atoms with Crippen LogP contribution in [0.2, 0.25) is 0 Å². The van der Waals surface area contributed by atoms with Gasteiger partial charge < -0.3 is 29.2 Å². The fourth-order valence-electron chi connectivity index (χ4n) is 5.45. The second kappa shape index (κ2) is 23.2. The van der Waals surface area contributed by atoms with E-state index in [1.54, 1.807) is 21.6 Å². The topological polar surface area (TPSA) is 122 Å². The fourth-order valence-corrected chi connectivity index (χ4v) is 9.11. The van der Waals surface area contributed by atoms with E-state index in [-0.39, 0.29) is 30.0 Å². The molecule has 2 N–H and O–H groups in total. The average molecular weight is 733 g/mol. The molecule has 2 aromatic carbocycles. The molecule has 0 aromatic heterocycles. The number of ether oxygens (including phenoxy) is 2. The normalized spacial score (nSPS) is 13.6. The van der Waals surface area contributed by atoms with Crippen LogP contribution >= 0.6 is 30.1 Å². The highest BCUT2D eigenvalue weighted by Gasteiger charge is 2.30. The first-order valence-corrected chi connectivity index (χ1v) is 20.8. The van der Waals surface area contributed by atoms with Gasteiger partial charge in [-0.05, 0) is 62.8 Å². The molecule has 3 rings (SSSR count). The second-order valence-electron chi connectivity index (χ2n) is 12.1. The lowest BCUT2D eigenvalue weighted by atomic mass is 9.98. The van der Waals surface area contributed by atoms with E-state index in [0.717, 1.165) is 12.2 Å². The largest absolute Gasteiger partial charge is 0.449 e. The van der Waals surface area contributed by atoms with Crippen molar-refractivity contribution in [1.82, 2.24) is 15.3 Å². The van der Waals surface area contributed by atoms with Crippen LogP contribution in [0.15, 0.2) is 48.5 Å². The Morgan fingerprint density at radius 2 is 1.59 bits per heavy atom. The van der Waals surface area contributed by atoms with E-state index in [4.69, 9.17) is 23.8 Å². The van der Waals surface area contributed by atoms with Crippen molar-refractivity contribution in [3.05, 3.63) is 59.7 Å². The molecule has 0 saturated heterocycles. The molecule has 1 aliphatic carbocycles. The molecule has 0 aliphatic heterocycles. The van der Waals surface area contributed by atoms with Crippen LogP contribution in [0.5, 0.6) is 0 Å². The van der Waals surface area contributed by atoms with Gasteiger partial charge in [0, 0.05) is 55.6 Å². The van der Waals surface area contributed by atoms with Crippen molar-refractivity contribution in [2.75, 3.05) is 51.0 Å². The summed E-state index contributed by atoms with van der Waals surface area (Å²) in [6.45, 7) is 13.2. The average Bonchev–Trinajstić information content (AvgIpc) is 3.40. The first kappa shape index (κ1) is 41.1. The van der Waals surface area contributed by atoms with Crippen LogP contribution in [0.25, 0.3) is 11.1 Å². The minimum atomic E-state index is -1.31. The summed E-state index contributed by atoms with van der Waals surface area (Å²) in [6, 6.07) is 19.2. The molecule has 2 unspecified atom stereocenters. The third-order valence-electron chi connectivity index (χ3n) is 7.74. The highest BCUT2D eigenvalue weighted by Crippen LogP contribution is 2.47. The lowest BCUT2D eigenvalue weighted by molar-refractivity contribution is -0.120. The van der Waals surface area contributed by atoms with Gasteiger partial charge >= 0.3 is 6.09 Å². The first-order valence-electron chi connectivity index (χ1n) is 17.2. The number of fused-ring (bicyclic) bond motifs is 3. The zero-order valence-electron chi connectivity index (χ0n) is 29.5. The van der Waals surface area contributed by atoms with E-state index < -0.39 is 14.6 Å². The maximum absolute atomic E-state index is 12.3. The lowest BCUT2D eigenvalue weighted by Crippen LogP contribution is -2.35. The van der Waals surface area contributed by atoms with Gasteiger partial charge in [0.25, 0.3) is 8.53 Å². The number of rotatable bonds is 24. The smallest absolute Gasteiger partial charge is 0.407 e. The van der Waals surface area contributed by atoms with Crippen LogP contribution in [0.4, 0.5) is 4.79 Å². The number of carbonyl (C=O) groups excluding carboxylic acids is 2. The molecule has 2 atom stereocenters. The summed E-state index contributed by atoms with van der Waals surface area (Å²) in [5.41, 5.74) is 4.79. The highest BCUT2D eigenvalue weighted by atomic mass is 33.1. The third-order valence-corrected chi connectivity index (χ3v) is 12.3. The maximum atomic E-state index is 12.3. The van der Waals surface area contributed by atoms with E-state index in [1.165, 1.54) is 22.3 Å². The Balaban J connectivity index is 1.20. The Bertz CT molecular complexity index is 1280. The monoisotopic (exact) mass is 732 g/mol. The van der Waals surface area contributed by atoms with Crippen molar-refractivity contribution >= 4 is 42.1 Å². The summed E-state index contributed by atoms with van der Waals surface area (Å²) in [6.07, 6.45) is 1.72. The van der Waals surface area contributed by atoms with Crippen molar-refractivity contribution in [1.29, 1.82) is 5.26 Å². The van der Waals surface area contributed by atoms with Gasteiger partial charge in [-0.3, -0.25) is 4.79 Å². The standard InChI is InChI=1S/C36H53N4O6PS2/c1-6-29(46-47(45-22-11-18-37)40(27(2)3)28(4)5)25-43-21-12-19-38-35(41)17-23-48-49-24-20-39-36(42)44-26-34-32-15-9-7-13-30(32)31-14-8-10-16-33(31)34/h7-10,13-16,27-29,34H,6,11-12,17,19-26H2,1-5H3,(H,38,41)(H,39,42). The van der Waals surface area contributed by atoms with Gasteiger partial charge in [-0.2, -0.15) is 5.26 Å². The van der Waals surface area contributed by atoms with Crippen LogP contribution in [-0.4, -0.2) is 85.9 Å². The van der Waals surface area contributed by atoms with E-state index in [2.05, 4.69) is 80.3 Å². The van der Waals surface area contributed by atoms with Crippen molar-refractivity contribution in [3.8, 4) is 17.2 Å². The molecule has 13 heteroatoms. The third kappa shape index (κ3) is 14.1. The van der Waals surface area contributed by atoms with Crippen LogP contribution in [0.3, 0.4) is 0 Å². The van der Waals surface area contributed by atoms with Crippen LogP contribution < -0.4 is 10.6 Å². The molecular weight excluding hydrogens is 680 g/mol. The SMILES string of the molecule is CCC(COCCCNC(=O)CCSSCCNC(=O)OCC1c2ccccc2-c2ccccc21)OP(OCCC#N)N(C(C)C)C(C)C. The predicted molar refractivity (Wildman–Crippen MR) is 201 cm³/mol. The Labute approximate surface area is 302 Å². The second-order valence-corrected chi connectivity index (χ2v) is 16.2. The fraction of sp³-hybridized carbons (Fsp3) is 0.583. The van der Waals surface area contributed by atoms with Crippen LogP contribution in [0.1, 0.15) is 77.3 Å². The van der Waals surface area contributed by atoms with Crippen molar-refractivity contribution < 1.29 is 28.1 Å². The van der Waals surface area contributed by atoms with Crippen molar-refractivity contribution in [2.45, 2.75) is 84.4 Å². The number of hydrogen-bond acceptors (Lipinski definition) is 10. The van der Waals surface area contributed by atoms with E-state index >= 15 is 0 Å². The Hall–Kier alpha value is -2.36. The van der Waals surface area contributed by atoms with Crippen molar-refractivity contribution in [3.63, 3.8) is 0 Å². The lowest BCUT2D eigenvalue weighted by Gasteiger charge is -2.37. The maximum Gasteiger partial charge on any atom is 0.407 e. The minimum Gasteiger partial charge on any atom is -0.449 e. The number of amides is 2. The number of nitrogens with zero attached hydrogens (tertiary/aromatic N) is 2. The van der Waals surface area contributed by atoms with Gasteiger partial charge in [0.1, 0.15) is 6.61 Å². The summed E-state index contributed by atoms with van der Waals surface area (Å²) in [5.74, 6) is 1.47. The summed E-state index contributed by atoms with van der Waals surface area (Å²) >= 11 is 0. The Morgan fingerprint density at radius 1 is 0.939 bits per heavy atom. The van der Waals surface area contributed by atoms with Gasteiger partial charge in [0.15, 0.2) is 0 Å². The minimum absolute atomic E-state index is 0.0160. The zero-order valence-corrected chi connectivity index (χ0v) is 32.0. The summed E-state index contributed by atoms with van der Waals surface area (Å²) in [5, 5.41) is 14.7. The van der Waals surface area contributed by atoms with Gasteiger partial charge in [-0.1, -0.05) is 77.0 Å². The molecule has 0 saturated carbocycles. The zero-order chi connectivity index (χ0) is 35.4. The first-order chi connectivity index (χ1) is 23.8. The number of alkyl carbamates (subject to hydrolysis) is 1. The summed E-state index contributed by atoms with van der Waals surface area (Å²) in [4.78, 5) is 24.6. The van der Waals surface area contributed by atoms with Crippen molar-refractivity contribution in [2.24, 2.45) is 0 Å². The summed E-state index contributed by atoms with van der Waals surface area (Å²) < 4.78 is 26.0. The molecule has 0 radical (unpaired) electrons. The molecule has 2 amide bonds. The predicted octanol–water partition coefficient (Wildman–Crippen LogP) is 7.89. The molecular formula is C36H53N4O6PS2. The highest BCUT2D eigenvalue weighted by molar-refractivity contribution is 8.76.